The van der Waals surface area contributed by atoms with Gasteiger partial charge in [0.1, 0.15) is 19.5 Å². The fourth-order valence-electron chi connectivity index (χ4n) is 7.78. The van der Waals surface area contributed by atoms with Crippen molar-refractivity contribution < 1.29 is 20.4 Å². The number of hydrogen-bond acceptors (Lipinski definition) is 5. The number of anilines is 2. The van der Waals surface area contributed by atoms with Crippen LogP contribution in [0.4, 0.5) is 11.4 Å². The summed E-state index contributed by atoms with van der Waals surface area (Å²) in [5.41, 5.74) is -1.17. The van der Waals surface area contributed by atoms with Crippen LogP contribution in [0.25, 0.3) is 0 Å². The first kappa shape index (κ1) is 46.8. The SMILES string of the molecule is Oc1c2c(c(O)n1Cc1c(Cl)c(Cl)c(Nc3c(Cl)c(Cl)c(Cn4c(O)c5c(c4O)C4(Cl)C(Cl)=C(Cl)C5(Cl)C4(Cl)Cl)c(Cl)c3Cl)c(Cl)c1Cl)C1(Cl)C(Cl)=C(Cl)C2(Cl)C1(Cl)Cl. The molecule has 0 saturated carbocycles. The zero-order valence-electron chi connectivity index (χ0n) is 27.2. The van der Waals surface area contributed by atoms with Crippen molar-refractivity contribution in [3.8, 4) is 23.5 Å². The minimum Gasteiger partial charge on any atom is -0.494 e. The van der Waals surface area contributed by atoms with E-state index in [1.807, 2.05) is 0 Å². The monoisotopic (exact) mass is 1200 g/mol. The third-order valence-corrected chi connectivity index (χ3v) is 22.4. The van der Waals surface area contributed by atoms with Crippen LogP contribution in [0.15, 0.2) is 20.1 Å². The molecule has 2 heterocycles. The second-order valence-electron chi connectivity index (χ2n) is 13.3. The second-order valence-corrected chi connectivity index (χ2v) is 22.8. The van der Waals surface area contributed by atoms with E-state index in [4.69, 9.17) is 232 Å². The van der Waals surface area contributed by atoms with Crippen molar-refractivity contribution in [3.63, 3.8) is 0 Å². The Morgan fingerprint density at radius 3 is 0.763 bits per heavy atom. The molecule has 7 nitrogen and oxygen atoms in total. The Labute approximate surface area is 431 Å². The molecule has 0 spiro atoms. The molecule has 0 amide bonds. The number of benzene rings is 2. The molecule has 4 aliphatic carbocycles. The standard InChI is InChI=1S/C32H9Cl20N3O4/c33-9-3(1-54-23(56)5-6(24(54)57)28(46)20(42)19(41)27(5,45)31(28,49)50)10(34)14(38)17(13(9)37)53-18-15(39)11(35)4(12(36)16(18)40)2-55-25(58)7-8(26(55)59)30(48)22(44)21(43)29(7,47)32(30,51)52/h53,56-59H,1-2H2. The number of aromatic hydroxyl groups is 4. The zero-order chi connectivity index (χ0) is 44.1. The Morgan fingerprint density at radius 1 is 0.356 bits per heavy atom. The molecule has 0 aliphatic heterocycles. The van der Waals surface area contributed by atoms with Crippen molar-refractivity contribution in [2.24, 2.45) is 0 Å². The van der Waals surface area contributed by atoms with Crippen LogP contribution in [0.5, 0.6) is 23.5 Å². The van der Waals surface area contributed by atoms with E-state index in [1.54, 1.807) is 0 Å². The van der Waals surface area contributed by atoms with Gasteiger partial charge in [-0.05, 0) is 0 Å². The lowest BCUT2D eigenvalue weighted by Crippen LogP contribution is -2.40. The number of hydrogen-bond donors (Lipinski definition) is 5. The largest absolute Gasteiger partial charge is 0.494 e. The Balaban J connectivity index is 1.16. The molecule has 4 aliphatic rings. The van der Waals surface area contributed by atoms with Crippen molar-refractivity contribution in [2.45, 2.75) is 41.3 Å². The van der Waals surface area contributed by atoms with E-state index < -0.39 is 64.8 Å². The van der Waals surface area contributed by atoms with Gasteiger partial charge in [-0.3, -0.25) is 9.13 Å². The molecular weight excluding hydrogens is 1200 g/mol. The van der Waals surface area contributed by atoms with Gasteiger partial charge in [-0.15, -0.1) is 46.4 Å². The highest BCUT2D eigenvalue weighted by atomic mass is 35.5. The number of aromatic nitrogens is 2. The van der Waals surface area contributed by atoms with E-state index in [-0.39, 0.29) is 105 Å². The van der Waals surface area contributed by atoms with Gasteiger partial charge in [0.05, 0.1) is 107 Å². The minimum absolute atomic E-state index is 0.0213. The molecular formula is C32H9Cl20N3O4. The maximum Gasteiger partial charge on any atom is 0.200 e. The summed E-state index contributed by atoms with van der Waals surface area (Å²) < 4.78 is -2.42. The van der Waals surface area contributed by atoms with Crippen molar-refractivity contribution >= 4 is 243 Å². The highest BCUT2D eigenvalue weighted by Crippen LogP contribution is 2.82. The quantitative estimate of drug-likeness (QED) is 0.0978. The number of halogens is 20. The van der Waals surface area contributed by atoms with Crippen LogP contribution >= 0.6 is 232 Å². The van der Waals surface area contributed by atoms with Crippen LogP contribution in [-0.2, 0) is 32.6 Å². The fraction of sp³-hybridized carbons (Fsp3) is 0.250. The summed E-state index contributed by atoms with van der Waals surface area (Å²) in [6.45, 7) is -0.988. The number of rotatable bonds is 6. The van der Waals surface area contributed by atoms with E-state index >= 15 is 0 Å². The minimum atomic E-state index is -2.14. The molecule has 2 aromatic carbocycles. The highest BCUT2D eigenvalue weighted by molar-refractivity contribution is 6.67. The lowest BCUT2D eigenvalue weighted by Gasteiger charge is -2.32. The van der Waals surface area contributed by atoms with E-state index in [2.05, 4.69) is 5.32 Å². The highest BCUT2D eigenvalue weighted by Gasteiger charge is 2.81. The first-order valence-corrected chi connectivity index (χ1v) is 23.0. The van der Waals surface area contributed by atoms with Gasteiger partial charge >= 0.3 is 0 Å². The number of alkyl halides is 8. The molecule has 5 N–H and O–H groups in total. The van der Waals surface area contributed by atoms with Crippen LogP contribution in [0, 0.1) is 0 Å². The topological polar surface area (TPSA) is 103 Å². The Hall–Kier alpha value is 1.28. The zero-order valence-corrected chi connectivity index (χ0v) is 42.3. The molecule has 0 radical (unpaired) electrons. The third-order valence-electron chi connectivity index (χ3n) is 10.7. The predicted molar refractivity (Wildman–Crippen MR) is 246 cm³/mol. The van der Waals surface area contributed by atoms with Gasteiger partial charge in [-0.2, -0.15) is 0 Å². The number of nitrogens with one attached hydrogen (secondary N) is 1. The summed E-state index contributed by atoms with van der Waals surface area (Å²) in [7, 11) is 0. The van der Waals surface area contributed by atoms with Crippen LogP contribution < -0.4 is 5.32 Å². The van der Waals surface area contributed by atoms with Gasteiger partial charge < -0.3 is 25.7 Å². The molecule has 4 bridgehead atoms. The van der Waals surface area contributed by atoms with Gasteiger partial charge in [0, 0.05) is 11.1 Å². The van der Waals surface area contributed by atoms with Crippen LogP contribution in [0.3, 0.4) is 0 Å². The summed E-state index contributed by atoms with van der Waals surface area (Å²) in [6, 6.07) is 0. The Kier molecular flexibility index (Phi) is 11.4. The summed E-state index contributed by atoms with van der Waals surface area (Å²) >= 11 is 133. The molecule has 2 aromatic heterocycles. The van der Waals surface area contributed by atoms with Crippen molar-refractivity contribution in [1.29, 1.82) is 0 Å². The fourth-order valence-corrected chi connectivity index (χ4v) is 15.4. The molecule has 8 rings (SSSR count). The maximum absolute atomic E-state index is 11.4. The van der Waals surface area contributed by atoms with Crippen LogP contribution in [0.2, 0.25) is 40.2 Å². The predicted octanol–water partition coefficient (Wildman–Crippen LogP) is 16.7. The summed E-state index contributed by atoms with van der Waals surface area (Å²) in [5, 5.41) is 45.5. The summed E-state index contributed by atoms with van der Waals surface area (Å²) in [6.07, 6.45) is 0. The maximum atomic E-state index is 11.4. The Morgan fingerprint density at radius 2 is 0.559 bits per heavy atom. The molecule has 0 fully saturated rings. The molecule has 4 unspecified atom stereocenters. The van der Waals surface area contributed by atoms with E-state index in [0.717, 1.165) is 9.13 Å². The van der Waals surface area contributed by atoms with Gasteiger partial charge in [0.2, 0.25) is 0 Å². The van der Waals surface area contributed by atoms with Gasteiger partial charge in [-0.25, -0.2) is 0 Å². The number of fused-ring (bicyclic) bond motifs is 10. The van der Waals surface area contributed by atoms with Gasteiger partial charge in [-0.1, -0.05) is 186 Å². The lowest BCUT2D eigenvalue weighted by atomic mass is 10.00. The summed E-state index contributed by atoms with van der Waals surface area (Å²) in [4.78, 5) is -8.29. The number of nitrogens with zero attached hydrogens (tertiary/aromatic N) is 2. The first-order chi connectivity index (χ1) is 27.0. The van der Waals surface area contributed by atoms with Crippen molar-refractivity contribution in [1.82, 2.24) is 9.13 Å². The molecule has 316 valence electrons. The summed E-state index contributed by atoms with van der Waals surface area (Å²) in [5.74, 6) is -2.65. The lowest BCUT2D eigenvalue weighted by molar-refractivity contribution is 0.366. The molecule has 27 heteroatoms. The van der Waals surface area contributed by atoms with E-state index in [0.29, 0.717) is 0 Å². The van der Waals surface area contributed by atoms with Crippen molar-refractivity contribution in [2.75, 3.05) is 5.32 Å². The second kappa shape index (κ2) is 14.4. The normalized spacial score (nSPS) is 27.1. The van der Waals surface area contributed by atoms with E-state index in [9.17, 15) is 20.4 Å². The van der Waals surface area contributed by atoms with Crippen LogP contribution in [-0.4, -0.2) is 38.2 Å². The van der Waals surface area contributed by atoms with Crippen molar-refractivity contribution in [3.05, 3.63) is 93.7 Å². The molecule has 0 saturated heterocycles. The average molecular weight is 1210 g/mol. The van der Waals surface area contributed by atoms with Gasteiger partial charge in [0.25, 0.3) is 0 Å². The van der Waals surface area contributed by atoms with Crippen LogP contribution in [0.1, 0.15) is 33.4 Å². The Bertz CT molecular complexity index is 2420. The first-order valence-electron chi connectivity index (χ1n) is 15.4. The third kappa shape index (κ3) is 5.21. The molecule has 4 atom stereocenters. The van der Waals surface area contributed by atoms with E-state index in [1.165, 1.54) is 0 Å². The van der Waals surface area contributed by atoms with Gasteiger partial charge in [0.15, 0.2) is 32.2 Å². The average Bonchev–Trinajstić information content (AvgIpc) is 3.74. The molecule has 59 heavy (non-hydrogen) atoms. The molecule has 4 aromatic rings. The smallest absolute Gasteiger partial charge is 0.200 e. The number of allylic oxidation sites excluding steroid dienone is 4.